The molecule has 0 aliphatic carbocycles. The number of guanidine groups is 1. The quantitative estimate of drug-likeness (QED) is 0.466. The molecule has 3 aromatic rings. The van der Waals surface area contributed by atoms with Gasteiger partial charge in [0.1, 0.15) is 0 Å². The molecule has 1 aliphatic heterocycles. The summed E-state index contributed by atoms with van der Waals surface area (Å²) < 4.78 is 0. The van der Waals surface area contributed by atoms with Gasteiger partial charge in [0.15, 0.2) is 10.8 Å². The molecule has 0 saturated carbocycles. The fourth-order valence-corrected chi connectivity index (χ4v) is 3.43. The highest BCUT2D eigenvalue weighted by Gasteiger charge is 2.38. The van der Waals surface area contributed by atoms with Crippen LogP contribution in [0.1, 0.15) is 5.56 Å². The smallest absolute Gasteiger partial charge is 0.231 e. The molecule has 1 saturated heterocycles. The Hall–Kier alpha value is -3.84. The molecule has 1 heterocycles. The van der Waals surface area contributed by atoms with Crippen LogP contribution in [0.2, 0.25) is 0 Å². The van der Waals surface area contributed by atoms with Gasteiger partial charge >= 0.3 is 0 Å². The summed E-state index contributed by atoms with van der Waals surface area (Å²) in [7, 11) is 4.00. The molecule has 154 valence electrons. The van der Waals surface area contributed by atoms with Crippen molar-refractivity contribution in [3.8, 4) is 0 Å². The lowest BCUT2D eigenvalue weighted by Crippen LogP contribution is -2.31. The number of rotatable bonds is 5. The van der Waals surface area contributed by atoms with Gasteiger partial charge in [0.25, 0.3) is 0 Å². The van der Waals surface area contributed by atoms with Gasteiger partial charge in [-0.2, -0.15) is 10.1 Å². The van der Waals surface area contributed by atoms with Gasteiger partial charge in [0.05, 0.1) is 17.6 Å². The van der Waals surface area contributed by atoms with Crippen LogP contribution in [-0.2, 0) is 0 Å². The highest BCUT2D eigenvalue weighted by Crippen LogP contribution is 2.25. The SMILES string of the molecule is CN(C)c1ccc(/C=N\N2C(=N)N(c3ccccc3)C(=S)C2=Nc2ccccc2)cc1. The van der Waals surface area contributed by atoms with E-state index in [9.17, 15) is 0 Å². The molecule has 3 aromatic carbocycles. The minimum atomic E-state index is 0.132. The monoisotopic (exact) mass is 426 g/mol. The van der Waals surface area contributed by atoms with Crippen molar-refractivity contribution < 1.29 is 0 Å². The highest BCUT2D eigenvalue weighted by molar-refractivity contribution is 7.82. The number of hydrogen-bond donors (Lipinski definition) is 1. The summed E-state index contributed by atoms with van der Waals surface area (Å²) in [5.41, 5.74) is 3.57. The van der Waals surface area contributed by atoms with E-state index in [1.807, 2.05) is 104 Å². The van der Waals surface area contributed by atoms with Crippen LogP contribution in [0, 0.1) is 5.41 Å². The Kier molecular flexibility index (Phi) is 5.86. The fraction of sp³-hybridized carbons (Fsp3) is 0.0833. The Morgan fingerprint density at radius 3 is 2.10 bits per heavy atom. The number of nitrogens with one attached hydrogen (secondary N) is 1. The van der Waals surface area contributed by atoms with Crippen LogP contribution >= 0.6 is 12.2 Å². The summed E-state index contributed by atoms with van der Waals surface area (Å²) in [4.78, 5) is 8.84. The maximum Gasteiger partial charge on any atom is 0.231 e. The summed E-state index contributed by atoms with van der Waals surface area (Å²) in [6.45, 7) is 0. The van der Waals surface area contributed by atoms with E-state index in [1.54, 1.807) is 11.1 Å². The van der Waals surface area contributed by atoms with E-state index in [0.29, 0.717) is 10.8 Å². The molecular formula is C24H22N6S. The zero-order valence-corrected chi connectivity index (χ0v) is 18.1. The third kappa shape index (κ3) is 4.36. The van der Waals surface area contributed by atoms with Gasteiger partial charge in [-0.15, -0.1) is 0 Å². The van der Waals surface area contributed by atoms with Gasteiger partial charge in [0.2, 0.25) is 5.96 Å². The Bertz CT molecular complexity index is 1140. The van der Waals surface area contributed by atoms with Gasteiger partial charge in [0, 0.05) is 19.8 Å². The lowest BCUT2D eigenvalue weighted by atomic mass is 10.2. The van der Waals surface area contributed by atoms with E-state index < -0.39 is 0 Å². The van der Waals surface area contributed by atoms with E-state index in [-0.39, 0.29) is 5.96 Å². The summed E-state index contributed by atoms with van der Waals surface area (Å²) in [5, 5.41) is 14.8. The van der Waals surface area contributed by atoms with Crippen LogP contribution in [0.3, 0.4) is 0 Å². The van der Waals surface area contributed by atoms with Crippen LogP contribution in [-0.4, -0.2) is 42.1 Å². The van der Waals surface area contributed by atoms with Crippen molar-refractivity contribution in [1.29, 1.82) is 5.41 Å². The van der Waals surface area contributed by atoms with Gasteiger partial charge in [-0.05, 0) is 42.0 Å². The minimum absolute atomic E-state index is 0.132. The molecule has 7 heteroatoms. The maximum atomic E-state index is 8.75. The van der Waals surface area contributed by atoms with Crippen LogP contribution in [0.25, 0.3) is 0 Å². The molecule has 31 heavy (non-hydrogen) atoms. The molecule has 0 bridgehead atoms. The van der Waals surface area contributed by atoms with Crippen molar-refractivity contribution in [3.05, 3.63) is 90.5 Å². The Labute approximate surface area is 187 Å². The van der Waals surface area contributed by atoms with Crippen molar-refractivity contribution in [2.75, 3.05) is 23.9 Å². The molecular weight excluding hydrogens is 404 g/mol. The number of nitrogens with zero attached hydrogens (tertiary/aromatic N) is 5. The summed E-state index contributed by atoms with van der Waals surface area (Å²) in [5.74, 6) is 0.572. The van der Waals surface area contributed by atoms with E-state index in [4.69, 9.17) is 22.6 Å². The van der Waals surface area contributed by atoms with Crippen molar-refractivity contribution in [1.82, 2.24) is 5.01 Å². The minimum Gasteiger partial charge on any atom is -0.378 e. The van der Waals surface area contributed by atoms with E-state index in [1.165, 1.54) is 5.01 Å². The molecule has 1 N–H and O–H groups in total. The molecule has 4 rings (SSSR count). The van der Waals surface area contributed by atoms with Crippen molar-refractivity contribution in [2.45, 2.75) is 0 Å². The second kappa shape index (κ2) is 8.89. The van der Waals surface area contributed by atoms with Crippen LogP contribution in [0.5, 0.6) is 0 Å². The third-order valence-corrected chi connectivity index (χ3v) is 5.11. The molecule has 6 nitrogen and oxygen atoms in total. The van der Waals surface area contributed by atoms with Crippen LogP contribution in [0.4, 0.5) is 17.1 Å². The Morgan fingerprint density at radius 2 is 1.48 bits per heavy atom. The van der Waals surface area contributed by atoms with Crippen LogP contribution in [0.15, 0.2) is 95.0 Å². The molecule has 0 unspecified atom stereocenters. The number of thiocarbonyl (C=S) groups is 1. The second-order valence-electron chi connectivity index (χ2n) is 7.11. The zero-order chi connectivity index (χ0) is 21.8. The second-order valence-corrected chi connectivity index (χ2v) is 7.50. The number of hydrogen-bond acceptors (Lipinski definition) is 5. The zero-order valence-electron chi connectivity index (χ0n) is 17.3. The summed E-state index contributed by atoms with van der Waals surface area (Å²) in [6.07, 6.45) is 1.71. The molecule has 0 atom stereocenters. The fourth-order valence-electron chi connectivity index (χ4n) is 3.11. The number of benzene rings is 3. The van der Waals surface area contributed by atoms with Gasteiger partial charge in [-0.3, -0.25) is 10.3 Å². The van der Waals surface area contributed by atoms with E-state index >= 15 is 0 Å². The summed E-state index contributed by atoms with van der Waals surface area (Å²) in [6, 6.07) is 27.2. The van der Waals surface area contributed by atoms with Crippen molar-refractivity contribution in [2.24, 2.45) is 10.1 Å². The number of para-hydroxylation sites is 2. The molecule has 0 radical (unpaired) electrons. The third-order valence-electron chi connectivity index (χ3n) is 4.74. The number of aliphatic imine (C=N–C) groups is 1. The van der Waals surface area contributed by atoms with Crippen molar-refractivity contribution >= 4 is 52.3 Å². The molecule has 0 amide bonds. The lowest BCUT2D eigenvalue weighted by Gasteiger charge is -2.16. The first-order chi connectivity index (χ1) is 15.0. The number of hydrazone groups is 1. The predicted octanol–water partition coefficient (Wildman–Crippen LogP) is 4.90. The largest absolute Gasteiger partial charge is 0.378 e. The normalized spacial score (nSPS) is 15.4. The topological polar surface area (TPSA) is 58.3 Å². The van der Waals surface area contributed by atoms with Gasteiger partial charge in [-0.1, -0.05) is 60.7 Å². The van der Waals surface area contributed by atoms with E-state index in [2.05, 4.69) is 5.10 Å². The molecule has 0 aromatic heterocycles. The molecule has 1 fully saturated rings. The van der Waals surface area contributed by atoms with Gasteiger partial charge < -0.3 is 4.90 Å². The highest BCUT2D eigenvalue weighted by atomic mass is 32.1. The maximum absolute atomic E-state index is 8.75. The average Bonchev–Trinajstić information content (AvgIpc) is 3.02. The Morgan fingerprint density at radius 1 is 0.871 bits per heavy atom. The lowest BCUT2D eigenvalue weighted by molar-refractivity contribution is 0.671. The Balaban J connectivity index is 1.71. The first kappa shape index (κ1) is 20.4. The van der Waals surface area contributed by atoms with Gasteiger partial charge in [-0.25, -0.2) is 4.99 Å². The van der Waals surface area contributed by atoms with E-state index in [0.717, 1.165) is 22.6 Å². The number of anilines is 2. The van der Waals surface area contributed by atoms with Crippen LogP contribution < -0.4 is 9.80 Å². The first-order valence-corrected chi connectivity index (χ1v) is 10.2. The first-order valence-electron chi connectivity index (χ1n) is 9.78. The average molecular weight is 427 g/mol. The molecule has 1 aliphatic rings. The number of amidine groups is 1. The predicted molar refractivity (Wildman–Crippen MR) is 133 cm³/mol. The standard InChI is InChI=1S/C24H22N6S/c1-28(2)20-15-13-18(14-16-20)17-26-30-22(27-19-9-5-3-6-10-19)23(31)29(24(30)25)21-11-7-4-8-12-21/h3-17,25H,1-2H3/b25-24?,26-17-,27-22?. The molecule has 0 spiro atoms. The van der Waals surface area contributed by atoms with Crippen molar-refractivity contribution in [3.63, 3.8) is 0 Å². The summed E-state index contributed by atoms with van der Waals surface area (Å²) >= 11 is 5.71.